The third-order valence-corrected chi connectivity index (χ3v) is 4.19. The predicted octanol–water partition coefficient (Wildman–Crippen LogP) is 4.42. The number of rotatable bonds is 4. The van der Waals surface area contributed by atoms with E-state index in [0.717, 1.165) is 25.7 Å². The monoisotopic (exact) mass is 268 g/mol. The fourth-order valence-electron chi connectivity index (χ4n) is 2.74. The summed E-state index contributed by atoms with van der Waals surface area (Å²) >= 11 is 5.69. The van der Waals surface area contributed by atoms with Crippen LogP contribution < -0.4 is 0 Å². The number of ketones is 1. The largest absolute Gasteiger partial charge is 0.299 e. The Morgan fingerprint density at radius 1 is 1.44 bits per heavy atom. The molecule has 2 rings (SSSR count). The lowest BCUT2D eigenvalue weighted by Crippen LogP contribution is -2.15. The molecule has 0 N–H and O–H groups in total. The zero-order valence-corrected chi connectivity index (χ0v) is 11.3. The van der Waals surface area contributed by atoms with E-state index in [1.165, 1.54) is 6.07 Å². The first kappa shape index (κ1) is 13.5. The van der Waals surface area contributed by atoms with Gasteiger partial charge in [-0.15, -0.1) is 0 Å². The summed E-state index contributed by atoms with van der Waals surface area (Å²) in [6.45, 7) is 2.16. The third kappa shape index (κ3) is 3.11. The molecule has 0 amide bonds. The van der Waals surface area contributed by atoms with Crippen molar-refractivity contribution in [1.29, 1.82) is 0 Å². The zero-order chi connectivity index (χ0) is 13.1. The van der Waals surface area contributed by atoms with Crippen LogP contribution in [0.3, 0.4) is 0 Å². The molecule has 0 bridgehead atoms. The maximum Gasteiger partial charge on any atom is 0.140 e. The molecule has 0 saturated heterocycles. The van der Waals surface area contributed by atoms with Crippen molar-refractivity contribution < 1.29 is 9.18 Å². The Morgan fingerprint density at radius 2 is 2.22 bits per heavy atom. The number of hydrogen-bond acceptors (Lipinski definition) is 1. The van der Waals surface area contributed by atoms with Crippen LogP contribution in [-0.4, -0.2) is 5.78 Å². The fraction of sp³-hybridized carbons (Fsp3) is 0.533. The third-order valence-electron chi connectivity index (χ3n) is 3.95. The molecule has 1 aromatic rings. The summed E-state index contributed by atoms with van der Waals surface area (Å²) in [7, 11) is 0. The molecule has 0 aliphatic heterocycles. The quantitative estimate of drug-likeness (QED) is 0.790. The van der Waals surface area contributed by atoms with Crippen LogP contribution in [0, 0.1) is 17.7 Å². The molecular weight excluding hydrogens is 251 g/mol. The lowest BCUT2D eigenvalue weighted by molar-refractivity contribution is -0.122. The van der Waals surface area contributed by atoms with Gasteiger partial charge in [0.1, 0.15) is 11.6 Å². The first-order valence-corrected chi connectivity index (χ1v) is 6.94. The van der Waals surface area contributed by atoms with Crippen molar-refractivity contribution in [3.8, 4) is 0 Å². The van der Waals surface area contributed by atoms with E-state index in [1.54, 1.807) is 12.1 Å². The summed E-state index contributed by atoms with van der Waals surface area (Å²) in [5.74, 6) is 0.604. The number of benzene rings is 1. The summed E-state index contributed by atoms with van der Waals surface area (Å²) in [5.41, 5.74) is 0.462. The van der Waals surface area contributed by atoms with E-state index in [9.17, 15) is 9.18 Å². The summed E-state index contributed by atoms with van der Waals surface area (Å²) in [6, 6.07) is 4.52. The lowest BCUT2D eigenvalue weighted by atomic mass is 9.95. The zero-order valence-electron chi connectivity index (χ0n) is 10.6. The minimum Gasteiger partial charge on any atom is -0.299 e. The smallest absolute Gasteiger partial charge is 0.140 e. The maximum absolute atomic E-state index is 13.6. The van der Waals surface area contributed by atoms with Gasteiger partial charge in [0.25, 0.3) is 0 Å². The first-order chi connectivity index (χ1) is 8.60. The fourth-order valence-corrected chi connectivity index (χ4v) is 2.89. The molecule has 0 spiro atoms. The van der Waals surface area contributed by atoms with Crippen LogP contribution in [0.15, 0.2) is 18.2 Å². The predicted molar refractivity (Wildman–Crippen MR) is 71.2 cm³/mol. The molecule has 2 atom stereocenters. The van der Waals surface area contributed by atoms with Crippen LogP contribution in [-0.2, 0) is 11.2 Å². The Kier molecular flexibility index (Phi) is 4.39. The molecule has 2 unspecified atom stereocenters. The number of halogens is 2. The van der Waals surface area contributed by atoms with Crippen molar-refractivity contribution in [3.05, 3.63) is 34.6 Å². The van der Waals surface area contributed by atoms with E-state index < -0.39 is 0 Å². The average molecular weight is 269 g/mol. The molecule has 1 nitrogen and oxygen atoms in total. The van der Waals surface area contributed by atoms with Crippen LogP contribution in [0.4, 0.5) is 4.39 Å². The molecule has 98 valence electrons. The van der Waals surface area contributed by atoms with Crippen molar-refractivity contribution in [2.24, 2.45) is 11.8 Å². The van der Waals surface area contributed by atoms with Gasteiger partial charge in [0.15, 0.2) is 0 Å². The van der Waals surface area contributed by atoms with Crippen LogP contribution in [0.2, 0.25) is 5.02 Å². The molecule has 3 heteroatoms. The normalized spacial score (nSPS) is 23.3. The van der Waals surface area contributed by atoms with Gasteiger partial charge in [-0.25, -0.2) is 4.39 Å². The van der Waals surface area contributed by atoms with Gasteiger partial charge in [0, 0.05) is 17.4 Å². The Labute approximate surface area is 112 Å². The van der Waals surface area contributed by atoms with Crippen LogP contribution in [0.25, 0.3) is 0 Å². The SMILES string of the molecule is CCC1CCC(C(=O)Cc2ccc(Cl)cc2F)C1. The molecule has 1 fully saturated rings. The van der Waals surface area contributed by atoms with E-state index >= 15 is 0 Å². The number of carbonyl (C=O) groups excluding carboxylic acids is 1. The number of carbonyl (C=O) groups is 1. The van der Waals surface area contributed by atoms with Crippen LogP contribution in [0.5, 0.6) is 0 Å². The van der Waals surface area contributed by atoms with Crippen LogP contribution >= 0.6 is 11.6 Å². The van der Waals surface area contributed by atoms with Gasteiger partial charge in [-0.05, 0) is 42.9 Å². The topological polar surface area (TPSA) is 17.1 Å². The maximum atomic E-state index is 13.6. The number of hydrogen-bond donors (Lipinski definition) is 0. The first-order valence-electron chi connectivity index (χ1n) is 6.56. The average Bonchev–Trinajstić information content (AvgIpc) is 2.81. The van der Waals surface area contributed by atoms with Crippen molar-refractivity contribution >= 4 is 17.4 Å². The Bertz CT molecular complexity index is 444. The van der Waals surface area contributed by atoms with Gasteiger partial charge in [0.2, 0.25) is 0 Å². The van der Waals surface area contributed by atoms with Crippen LogP contribution in [0.1, 0.15) is 38.2 Å². The highest BCUT2D eigenvalue weighted by Crippen LogP contribution is 2.34. The van der Waals surface area contributed by atoms with Crippen molar-refractivity contribution in [2.75, 3.05) is 0 Å². The molecule has 1 aliphatic rings. The summed E-state index contributed by atoms with van der Waals surface area (Å²) in [6.07, 6.45) is 4.41. The Morgan fingerprint density at radius 3 is 2.83 bits per heavy atom. The van der Waals surface area contributed by atoms with Gasteiger partial charge in [-0.2, -0.15) is 0 Å². The van der Waals surface area contributed by atoms with E-state index in [2.05, 4.69) is 6.92 Å². The van der Waals surface area contributed by atoms with Crippen molar-refractivity contribution in [2.45, 2.75) is 39.0 Å². The highest BCUT2D eigenvalue weighted by atomic mass is 35.5. The summed E-state index contributed by atoms with van der Waals surface area (Å²) in [5, 5.41) is 0.371. The lowest BCUT2D eigenvalue weighted by Gasteiger charge is -2.10. The molecule has 1 aromatic carbocycles. The van der Waals surface area contributed by atoms with E-state index in [4.69, 9.17) is 11.6 Å². The Hall–Kier alpha value is -0.890. The Balaban J connectivity index is 1.99. The second kappa shape index (κ2) is 5.83. The van der Waals surface area contributed by atoms with Gasteiger partial charge < -0.3 is 0 Å². The summed E-state index contributed by atoms with van der Waals surface area (Å²) in [4.78, 5) is 12.1. The molecule has 1 saturated carbocycles. The van der Waals surface area contributed by atoms with E-state index in [-0.39, 0.29) is 23.9 Å². The van der Waals surface area contributed by atoms with Gasteiger partial charge in [-0.3, -0.25) is 4.79 Å². The van der Waals surface area contributed by atoms with E-state index in [0.29, 0.717) is 16.5 Å². The second-order valence-corrected chi connectivity index (χ2v) is 5.60. The van der Waals surface area contributed by atoms with E-state index in [1.807, 2.05) is 0 Å². The highest BCUT2D eigenvalue weighted by molar-refractivity contribution is 6.30. The van der Waals surface area contributed by atoms with Crippen molar-refractivity contribution in [3.63, 3.8) is 0 Å². The van der Waals surface area contributed by atoms with Gasteiger partial charge >= 0.3 is 0 Å². The molecule has 0 heterocycles. The van der Waals surface area contributed by atoms with Gasteiger partial charge in [0.05, 0.1) is 0 Å². The van der Waals surface area contributed by atoms with Gasteiger partial charge in [-0.1, -0.05) is 31.0 Å². The molecule has 0 radical (unpaired) electrons. The molecule has 0 aromatic heterocycles. The standard InChI is InChI=1S/C15H18ClFO/c1-2-10-3-4-12(7-10)15(18)8-11-5-6-13(16)9-14(11)17/h5-6,9-10,12H,2-4,7-8H2,1H3. The minimum atomic E-state index is -0.374. The highest BCUT2D eigenvalue weighted by Gasteiger charge is 2.28. The molecular formula is C15H18ClFO. The van der Waals surface area contributed by atoms with Crippen molar-refractivity contribution in [1.82, 2.24) is 0 Å². The summed E-state index contributed by atoms with van der Waals surface area (Å²) < 4.78 is 13.6. The second-order valence-electron chi connectivity index (χ2n) is 5.16. The molecule has 18 heavy (non-hydrogen) atoms. The number of Topliss-reactive ketones (excluding diaryl/α,β-unsaturated/α-hetero) is 1. The minimum absolute atomic E-state index is 0.130. The molecule has 1 aliphatic carbocycles.